The summed E-state index contributed by atoms with van der Waals surface area (Å²) in [5.41, 5.74) is 0. The van der Waals surface area contributed by atoms with E-state index in [1.54, 1.807) is 0 Å². The van der Waals surface area contributed by atoms with Crippen LogP contribution in [0.15, 0.2) is 0 Å². The van der Waals surface area contributed by atoms with Gasteiger partial charge in [-0.05, 0) is 31.6 Å². The first-order valence-corrected chi connectivity index (χ1v) is 9.57. The number of carbonyl (C=O) groups excluding carboxylic acids is 1. The highest BCUT2D eigenvalue weighted by molar-refractivity contribution is 7.74. The molecule has 0 aromatic rings. The average Bonchev–Trinajstić information content (AvgIpc) is 2.15. The lowest BCUT2D eigenvalue weighted by Crippen LogP contribution is -3.00. The fourth-order valence-corrected chi connectivity index (χ4v) is 3.68. The monoisotopic (exact) mass is 356 g/mol. The van der Waals surface area contributed by atoms with Gasteiger partial charge in [0.25, 0.3) is 0 Å². The van der Waals surface area contributed by atoms with Gasteiger partial charge >= 0.3 is 0 Å². The molecule has 0 heterocycles. The van der Waals surface area contributed by atoms with Gasteiger partial charge in [0.2, 0.25) is 0 Å². The van der Waals surface area contributed by atoms with E-state index in [1.807, 2.05) is 0 Å². The molecule has 0 saturated heterocycles. The third-order valence-electron chi connectivity index (χ3n) is 3.51. The number of hydrogen-bond acceptors (Lipinski definition) is 1. The SMILES string of the molecule is CCC1CCC(C(=O)C[P+](C)(C)C)CC1.[I-]. The lowest BCUT2D eigenvalue weighted by Gasteiger charge is -2.27. The molecule has 3 heteroatoms. The molecule has 1 saturated carbocycles. The van der Waals surface area contributed by atoms with Gasteiger partial charge in [-0.15, -0.1) is 0 Å². The van der Waals surface area contributed by atoms with Crippen molar-refractivity contribution in [1.82, 2.24) is 0 Å². The smallest absolute Gasteiger partial charge is 0.172 e. The topological polar surface area (TPSA) is 17.1 Å². The second-order valence-corrected chi connectivity index (χ2v) is 10.9. The van der Waals surface area contributed by atoms with Crippen molar-refractivity contribution >= 4 is 13.0 Å². The predicted octanol–water partition coefficient (Wildman–Crippen LogP) is 0.683. The molecule has 0 aliphatic heterocycles. The van der Waals surface area contributed by atoms with Crippen LogP contribution in [0.3, 0.4) is 0 Å². The van der Waals surface area contributed by atoms with Gasteiger partial charge in [0.1, 0.15) is 6.16 Å². The number of rotatable bonds is 4. The van der Waals surface area contributed by atoms with E-state index in [0.29, 0.717) is 11.7 Å². The van der Waals surface area contributed by atoms with Gasteiger partial charge in [-0.2, -0.15) is 0 Å². The average molecular weight is 356 g/mol. The van der Waals surface area contributed by atoms with E-state index in [-0.39, 0.29) is 24.0 Å². The number of halogens is 1. The van der Waals surface area contributed by atoms with Crippen molar-refractivity contribution in [2.24, 2.45) is 11.8 Å². The molecule has 0 radical (unpaired) electrons. The van der Waals surface area contributed by atoms with Crippen LogP contribution in [-0.4, -0.2) is 31.9 Å². The van der Waals surface area contributed by atoms with Gasteiger partial charge in [0.15, 0.2) is 5.78 Å². The Morgan fingerprint density at radius 1 is 1.12 bits per heavy atom. The maximum Gasteiger partial charge on any atom is 0.172 e. The summed E-state index contributed by atoms with van der Waals surface area (Å²) >= 11 is 0. The van der Waals surface area contributed by atoms with Gasteiger partial charge in [0.05, 0.1) is 0 Å². The molecule has 0 unspecified atom stereocenters. The van der Waals surface area contributed by atoms with Gasteiger partial charge in [0, 0.05) is 33.2 Å². The van der Waals surface area contributed by atoms with Gasteiger partial charge in [-0.1, -0.05) is 13.3 Å². The van der Waals surface area contributed by atoms with E-state index in [2.05, 4.69) is 26.9 Å². The molecule has 0 bridgehead atoms. The summed E-state index contributed by atoms with van der Waals surface area (Å²) in [7, 11) is -0.910. The van der Waals surface area contributed by atoms with Crippen LogP contribution in [0.2, 0.25) is 0 Å². The number of carbonyl (C=O) groups is 1. The molecule has 96 valence electrons. The Balaban J connectivity index is 0.00000225. The Morgan fingerprint density at radius 3 is 2.00 bits per heavy atom. The van der Waals surface area contributed by atoms with Crippen molar-refractivity contribution in [2.75, 3.05) is 26.2 Å². The van der Waals surface area contributed by atoms with Crippen molar-refractivity contribution in [1.29, 1.82) is 0 Å². The van der Waals surface area contributed by atoms with Crippen LogP contribution in [0.1, 0.15) is 39.0 Å². The van der Waals surface area contributed by atoms with Crippen LogP contribution in [0.25, 0.3) is 0 Å². The normalized spacial score (nSPS) is 26.0. The van der Waals surface area contributed by atoms with Gasteiger partial charge in [-0.3, -0.25) is 4.79 Å². The molecule has 1 rings (SSSR count). The molecule has 1 aliphatic carbocycles. The Kier molecular flexibility index (Phi) is 7.68. The summed E-state index contributed by atoms with van der Waals surface area (Å²) in [6.07, 6.45) is 7.07. The fraction of sp³-hybridized carbons (Fsp3) is 0.923. The molecule has 0 spiro atoms. The highest BCUT2D eigenvalue weighted by atomic mass is 127. The van der Waals surface area contributed by atoms with Crippen LogP contribution in [-0.2, 0) is 4.79 Å². The molecular formula is C13H26IOP. The van der Waals surface area contributed by atoms with E-state index in [4.69, 9.17) is 0 Å². The van der Waals surface area contributed by atoms with E-state index in [1.165, 1.54) is 19.3 Å². The number of ketones is 1. The molecule has 0 atom stereocenters. The Labute approximate surface area is 119 Å². The quantitative estimate of drug-likeness (QED) is 0.535. The van der Waals surface area contributed by atoms with E-state index < -0.39 is 7.26 Å². The molecule has 1 fully saturated rings. The summed E-state index contributed by atoms with van der Waals surface area (Å²) in [5.74, 6) is 1.87. The lowest BCUT2D eigenvalue weighted by atomic mass is 9.79. The summed E-state index contributed by atoms with van der Waals surface area (Å²) in [6, 6.07) is 0. The van der Waals surface area contributed by atoms with E-state index in [0.717, 1.165) is 24.9 Å². The zero-order valence-corrected chi connectivity index (χ0v) is 14.2. The Morgan fingerprint density at radius 2 is 1.62 bits per heavy atom. The minimum atomic E-state index is -0.910. The third kappa shape index (κ3) is 5.95. The number of hydrogen-bond donors (Lipinski definition) is 0. The van der Waals surface area contributed by atoms with Crippen LogP contribution in [0.4, 0.5) is 0 Å². The first-order valence-electron chi connectivity index (χ1n) is 6.25. The van der Waals surface area contributed by atoms with Crippen LogP contribution in [0.5, 0.6) is 0 Å². The zero-order valence-electron chi connectivity index (χ0n) is 11.1. The van der Waals surface area contributed by atoms with Crippen LogP contribution in [0, 0.1) is 11.8 Å². The van der Waals surface area contributed by atoms with Crippen molar-refractivity contribution in [3.05, 3.63) is 0 Å². The van der Waals surface area contributed by atoms with Crippen molar-refractivity contribution < 1.29 is 28.8 Å². The third-order valence-corrected chi connectivity index (χ3v) is 4.77. The predicted molar refractivity (Wildman–Crippen MR) is 70.3 cm³/mol. The zero-order chi connectivity index (χ0) is 11.5. The van der Waals surface area contributed by atoms with E-state index in [9.17, 15) is 4.79 Å². The van der Waals surface area contributed by atoms with E-state index >= 15 is 0 Å². The molecule has 0 amide bonds. The molecule has 16 heavy (non-hydrogen) atoms. The van der Waals surface area contributed by atoms with Crippen LogP contribution < -0.4 is 24.0 Å². The largest absolute Gasteiger partial charge is 1.00 e. The standard InChI is InChI=1S/C13H26OP.HI/c1-5-11-6-8-12(9-7-11)13(14)10-15(2,3)4;/h11-12H,5-10H2,1-4H3;1H/q+1;/p-1. The highest BCUT2D eigenvalue weighted by Crippen LogP contribution is 2.47. The second kappa shape index (κ2) is 7.31. The molecule has 1 nitrogen and oxygen atoms in total. The summed E-state index contributed by atoms with van der Waals surface area (Å²) in [6.45, 7) is 9.07. The lowest BCUT2D eigenvalue weighted by molar-refractivity contribution is -0.121. The second-order valence-electron chi connectivity index (χ2n) is 6.04. The highest BCUT2D eigenvalue weighted by Gasteiger charge is 2.30. The minimum absolute atomic E-state index is 0. The first-order chi connectivity index (χ1) is 6.92. The van der Waals surface area contributed by atoms with Gasteiger partial charge in [-0.25, -0.2) is 0 Å². The summed E-state index contributed by atoms with van der Waals surface area (Å²) < 4.78 is 0. The molecular weight excluding hydrogens is 330 g/mol. The van der Waals surface area contributed by atoms with Crippen LogP contribution >= 0.6 is 7.26 Å². The van der Waals surface area contributed by atoms with Crippen molar-refractivity contribution in [2.45, 2.75) is 39.0 Å². The maximum atomic E-state index is 12.0. The molecule has 0 aromatic carbocycles. The Hall–Kier alpha value is 0.830. The summed E-state index contributed by atoms with van der Waals surface area (Å²) in [4.78, 5) is 12.0. The van der Waals surface area contributed by atoms with Crippen molar-refractivity contribution in [3.63, 3.8) is 0 Å². The molecule has 0 N–H and O–H groups in total. The molecule has 0 aromatic heterocycles. The first kappa shape index (κ1) is 16.8. The van der Waals surface area contributed by atoms with Crippen molar-refractivity contribution in [3.8, 4) is 0 Å². The van der Waals surface area contributed by atoms with Gasteiger partial charge < -0.3 is 24.0 Å². The maximum absolute atomic E-state index is 12.0. The Bertz CT molecular complexity index is 214. The number of Topliss-reactive ketones (excluding diaryl/α,β-unsaturated/α-hetero) is 1. The summed E-state index contributed by atoms with van der Waals surface area (Å²) in [5, 5.41) is 0. The fourth-order valence-electron chi connectivity index (χ4n) is 2.49. The molecule has 1 aliphatic rings. The minimum Gasteiger partial charge on any atom is -1.00 e.